The number of carbonyl (C=O) groups excluding carboxylic acids is 2. The number of rotatable bonds is 5. The van der Waals surface area contributed by atoms with E-state index >= 15 is 0 Å². The maximum absolute atomic E-state index is 11.9. The zero-order valence-electron chi connectivity index (χ0n) is 12.5. The van der Waals surface area contributed by atoms with Crippen molar-refractivity contribution in [3.63, 3.8) is 0 Å². The van der Waals surface area contributed by atoms with Gasteiger partial charge in [0.1, 0.15) is 0 Å². The molecule has 1 aromatic rings. The van der Waals surface area contributed by atoms with Crippen molar-refractivity contribution in [2.45, 2.75) is 32.8 Å². The predicted molar refractivity (Wildman–Crippen MR) is 78.3 cm³/mol. The van der Waals surface area contributed by atoms with Gasteiger partial charge >= 0.3 is 0 Å². The van der Waals surface area contributed by atoms with Crippen LogP contribution in [-0.4, -0.2) is 28.4 Å². The van der Waals surface area contributed by atoms with Gasteiger partial charge in [-0.1, -0.05) is 38.1 Å². The molecule has 1 N–H and O–H groups in total. The molecule has 21 heavy (non-hydrogen) atoms. The van der Waals surface area contributed by atoms with Crippen molar-refractivity contribution in [1.82, 2.24) is 4.90 Å². The molecule has 1 aliphatic heterocycles. The van der Waals surface area contributed by atoms with Crippen LogP contribution in [0.15, 0.2) is 24.3 Å². The number of piperidine rings is 1. The molecule has 2 fully saturated rings. The second-order valence-corrected chi connectivity index (χ2v) is 6.59. The smallest absolute Gasteiger partial charge is 0.233 e. The van der Waals surface area contributed by atoms with E-state index in [0.29, 0.717) is 12.3 Å². The Balaban J connectivity index is 1.64. The minimum absolute atomic E-state index is 0.0776. The summed E-state index contributed by atoms with van der Waals surface area (Å²) < 4.78 is 0. The Kier molecular flexibility index (Phi) is 3.57. The molecule has 0 radical (unpaired) electrons. The Labute approximate surface area is 124 Å². The van der Waals surface area contributed by atoms with Gasteiger partial charge in [0.15, 0.2) is 0 Å². The van der Waals surface area contributed by atoms with Gasteiger partial charge in [-0.25, -0.2) is 0 Å². The van der Waals surface area contributed by atoms with Crippen LogP contribution in [0.1, 0.15) is 37.5 Å². The maximum Gasteiger partial charge on any atom is 0.233 e. The fourth-order valence-corrected chi connectivity index (χ4v) is 3.06. The number of imide groups is 1. The number of benzene rings is 1. The van der Waals surface area contributed by atoms with E-state index in [1.54, 1.807) is 0 Å². The summed E-state index contributed by atoms with van der Waals surface area (Å²) in [6.07, 6.45) is 0.903. The Morgan fingerprint density at radius 1 is 1.14 bits per heavy atom. The molecule has 3 unspecified atom stereocenters. The van der Waals surface area contributed by atoms with E-state index in [2.05, 4.69) is 13.8 Å². The molecule has 4 heteroatoms. The summed E-state index contributed by atoms with van der Waals surface area (Å²) in [6, 6.07) is 7.77. The lowest BCUT2D eigenvalue weighted by Crippen LogP contribution is -2.36. The lowest BCUT2D eigenvalue weighted by atomic mass is 10.00. The lowest BCUT2D eigenvalue weighted by molar-refractivity contribution is -0.143. The quantitative estimate of drug-likeness (QED) is 0.842. The molecule has 0 aromatic heterocycles. The van der Waals surface area contributed by atoms with Gasteiger partial charge in [0.05, 0.1) is 24.5 Å². The van der Waals surface area contributed by atoms with Crippen LogP contribution in [0.5, 0.6) is 0 Å². The number of nitrogens with zero attached hydrogens (tertiary/aromatic N) is 1. The van der Waals surface area contributed by atoms with Crippen molar-refractivity contribution in [1.29, 1.82) is 0 Å². The van der Waals surface area contributed by atoms with Gasteiger partial charge in [-0.3, -0.25) is 14.5 Å². The highest BCUT2D eigenvalue weighted by molar-refractivity contribution is 6.08. The van der Waals surface area contributed by atoms with Crippen molar-refractivity contribution in [2.75, 3.05) is 6.54 Å². The largest absolute Gasteiger partial charge is 0.387 e. The van der Waals surface area contributed by atoms with Crippen LogP contribution in [0.2, 0.25) is 0 Å². The number of aliphatic hydroxyl groups is 1. The third-order valence-corrected chi connectivity index (χ3v) is 4.32. The van der Waals surface area contributed by atoms with Gasteiger partial charge in [0, 0.05) is 0 Å². The average molecular weight is 287 g/mol. The number of β-amino-alcohol motifs (C(OH)–C–C–N with tert-alkyl or cyclic N) is 1. The van der Waals surface area contributed by atoms with E-state index in [9.17, 15) is 14.7 Å². The first-order valence-electron chi connectivity index (χ1n) is 7.59. The summed E-state index contributed by atoms with van der Waals surface area (Å²) in [4.78, 5) is 25.0. The molecule has 3 atom stereocenters. The molecular formula is C17H21NO3. The molecule has 2 aliphatic rings. The first-order chi connectivity index (χ1) is 9.97. The molecule has 1 aromatic carbocycles. The van der Waals surface area contributed by atoms with Crippen LogP contribution in [0.3, 0.4) is 0 Å². The van der Waals surface area contributed by atoms with E-state index in [-0.39, 0.29) is 30.2 Å². The number of amides is 2. The van der Waals surface area contributed by atoms with Gasteiger partial charge in [-0.05, 0) is 29.9 Å². The van der Waals surface area contributed by atoms with E-state index in [4.69, 9.17) is 0 Å². The van der Waals surface area contributed by atoms with Gasteiger partial charge in [-0.2, -0.15) is 0 Å². The fourth-order valence-electron chi connectivity index (χ4n) is 3.06. The summed E-state index contributed by atoms with van der Waals surface area (Å²) in [6.45, 7) is 4.41. The summed E-state index contributed by atoms with van der Waals surface area (Å²) in [5, 5.41) is 10.2. The monoisotopic (exact) mass is 287 g/mol. The normalized spacial score (nSPS) is 25.4. The fraction of sp³-hybridized carbons (Fsp3) is 0.529. The third-order valence-electron chi connectivity index (χ3n) is 4.32. The van der Waals surface area contributed by atoms with Gasteiger partial charge in [-0.15, -0.1) is 0 Å². The maximum atomic E-state index is 11.9. The minimum Gasteiger partial charge on any atom is -0.387 e. The SMILES string of the molecule is CC(C)Cc1ccc(C(O)CN2C(=O)C3CC3C2=O)cc1. The molecule has 1 saturated heterocycles. The van der Waals surface area contributed by atoms with Crippen molar-refractivity contribution in [3.8, 4) is 0 Å². The molecule has 1 aliphatic carbocycles. The number of fused-ring (bicyclic) bond motifs is 1. The van der Waals surface area contributed by atoms with Crippen LogP contribution in [0, 0.1) is 17.8 Å². The molecule has 1 heterocycles. The predicted octanol–water partition coefficient (Wildman–Crippen LogP) is 1.92. The summed E-state index contributed by atoms with van der Waals surface area (Å²) in [7, 11) is 0. The Hall–Kier alpha value is -1.68. The van der Waals surface area contributed by atoms with Crippen molar-refractivity contribution in [2.24, 2.45) is 17.8 Å². The molecule has 1 saturated carbocycles. The zero-order chi connectivity index (χ0) is 15.1. The first kappa shape index (κ1) is 14.3. The average Bonchev–Trinajstić information content (AvgIpc) is 3.19. The van der Waals surface area contributed by atoms with Crippen LogP contribution >= 0.6 is 0 Å². The third kappa shape index (κ3) is 2.72. The second-order valence-electron chi connectivity index (χ2n) is 6.59. The zero-order valence-corrected chi connectivity index (χ0v) is 12.5. The lowest BCUT2D eigenvalue weighted by Gasteiger charge is -2.20. The summed E-state index contributed by atoms with van der Waals surface area (Å²) in [5.41, 5.74) is 1.99. The van der Waals surface area contributed by atoms with Crippen LogP contribution in [0.4, 0.5) is 0 Å². The summed E-state index contributed by atoms with van der Waals surface area (Å²) >= 11 is 0. The number of hydrogen-bond donors (Lipinski definition) is 1. The molecule has 0 bridgehead atoms. The van der Waals surface area contributed by atoms with Crippen molar-refractivity contribution in [3.05, 3.63) is 35.4 Å². The minimum atomic E-state index is -0.802. The van der Waals surface area contributed by atoms with Gasteiger partial charge in [0.2, 0.25) is 11.8 Å². The Morgan fingerprint density at radius 3 is 2.24 bits per heavy atom. The standard InChI is InChI=1S/C17H21NO3/c1-10(2)7-11-3-5-12(6-4-11)15(19)9-18-16(20)13-8-14(13)17(18)21/h3-6,10,13-15,19H,7-9H2,1-2H3. The topological polar surface area (TPSA) is 57.6 Å². The van der Waals surface area contributed by atoms with Crippen molar-refractivity contribution < 1.29 is 14.7 Å². The highest BCUT2D eigenvalue weighted by Crippen LogP contribution is 2.47. The highest BCUT2D eigenvalue weighted by atomic mass is 16.3. The van der Waals surface area contributed by atoms with E-state index < -0.39 is 6.10 Å². The van der Waals surface area contributed by atoms with E-state index in [0.717, 1.165) is 12.0 Å². The van der Waals surface area contributed by atoms with Crippen LogP contribution in [-0.2, 0) is 16.0 Å². The molecule has 112 valence electrons. The van der Waals surface area contributed by atoms with E-state index in [1.807, 2.05) is 24.3 Å². The number of carbonyl (C=O) groups is 2. The van der Waals surface area contributed by atoms with E-state index in [1.165, 1.54) is 10.5 Å². The number of aliphatic hydroxyl groups excluding tert-OH is 1. The molecule has 3 rings (SSSR count). The number of likely N-dealkylation sites (tertiary alicyclic amines) is 1. The molecule has 2 amide bonds. The van der Waals surface area contributed by atoms with Gasteiger partial charge < -0.3 is 5.11 Å². The molecular weight excluding hydrogens is 266 g/mol. The Bertz CT molecular complexity index is 544. The van der Waals surface area contributed by atoms with Crippen LogP contribution in [0.25, 0.3) is 0 Å². The molecule has 4 nitrogen and oxygen atoms in total. The highest BCUT2D eigenvalue weighted by Gasteiger charge is 2.58. The summed E-state index contributed by atoms with van der Waals surface area (Å²) in [5.74, 6) is 0.171. The van der Waals surface area contributed by atoms with Crippen LogP contribution < -0.4 is 0 Å². The number of hydrogen-bond acceptors (Lipinski definition) is 3. The first-order valence-corrected chi connectivity index (χ1v) is 7.59. The van der Waals surface area contributed by atoms with Gasteiger partial charge in [0.25, 0.3) is 0 Å². The van der Waals surface area contributed by atoms with Crippen molar-refractivity contribution >= 4 is 11.8 Å². The Morgan fingerprint density at radius 2 is 1.71 bits per heavy atom. The molecule has 0 spiro atoms. The second kappa shape index (κ2) is 5.26.